The lowest BCUT2D eigenvalue weighted by Gasteiger charge is -2.06. The molecule has 1 heterocycles. The van der Waals surface area contributed by atoms with Gasteiger partial charge in [-0.25, -0.2) is 13.4 Å². The molecule has 0 aliphatic heterocycles. The lowest BCUT2D eigenvalue weighted by atomic mass is 10.1. The third kappa shape index (κ3) is 5.17. The third-order valence-electron chi connectivity index (χ3n) is 4.42. The average Bonchev–Trinajstić information content (AvgIpc) is 3.12. The minimum Gasteiger partial charge on any atom is -0.497 e. The number of carbonyl (C=O) groups excluding carboxylic acids is 1. The number of ether oxygens (including phenoxy) is 2. The van der Waals surface area contributed by atoms with Crippen LogP contribution in [0, 0.1) is 6.92 Å². The molecule has 1 amide bonds. The molecule has 0 unspecified atom stereocenters. The van der Waals surface area contributed by atoms with Crippen LogP contribution in [0.4, 0.5) is 5.13 Å². The van der Waals surface area contributed by atoms with Gasteiger partial charge < -0.3 is 14.8 Å². The zero-order valence-corrected chi connectivity index (χ0v) is 18.5. The molecule has 0 aliphatic rings. The highest BCUT2D eigenvalue weighted by Crippen LogP contribution is 2.31. The van der Waals surface area contributed by atoms with Crippen molar-refractivity contribution in [2.75, 3.05) is 25.3 Å². The summed E-state index contributed by atoms with van der Waals surface area (Å²) in [6, 6.07) is 13.6. The van der Waals surface area contributed by atoms with Crippen molar-refractivity contribution in [2.24, 2.45) is 0 Å². The molecule has 1 aromatic heterocycles. The van der Waals surface area contributed by atoms with Gasteiger partial charge in [0.05, 0.1) is 30.6 Å². The zero-order chi connectivity index (χ0) is 21.7. The molecule has 7 nitrogen and oxygen atoms in total. The van der Waals surface area contributed by atoms with E-state index in [9.17, 15) is 13.2 Å². The van der Waals surface area contributed by atoms with Crippen LogP contribution < -0.4 is 14.8 Å². The molecule has 0 spiro atoms. The zero-order valence-electron chi connectivity index (χ0n) is 16.8. The maximum absolute atomic E-state index is 12.4. The van der Waals surface area contributed by atoms with Crippen molar-refractivity contribution in [3.63, 3.8) is 0 Å². The average molecular weight is 447 g/mol. The summed E-state index contributed by atoms with van der Waals surface area (Å²) in [6.45, 7) is 1.92. The van der Waals surface area contributed by atoms with Gasteiger partial charge in [0.25, 0.3) is 0 Å². The highest BCUT2D eigenvalue weighted by molar-refractivity contribution is 7.91. The highest BCUT2D eigenvalue weighted by atomic mass is 32.2. The van der Waals surface area contributed by atoms with E-state index in [0.717, 1.165) is 21.9 Å². The predicted octanol–water partition coefficient (Wildman–Crippen LogP) is 3.94. The molecule has 0 saturated carbocycles. The fraction of sp³-hybridized carbons (Fsp3) is 0.238. The second-order valence-electron chi connectivity index (χ2n) is 6.44. The monoisotopic (exact) mass is 446 g/mol. The SMILES string of the molecule is COc1ccc(-c2nc(NC(=O)CCS(=O)(=O)c3ccc(OC)cc3)sc2C)cc1. The fourth-order valence-corrected chi connectivity index (χ4v) is 4.87. The Balaban J connectivity index is 1.63. The highest BCUT2D eigenvalue weighted by Gasteiger charge is 2.18. The second kappa shape index (κ2) is 9.27. The summed E-state index contributed by atoms with van der Waals surface area (Å²) < 4.78 is 35.1. The van der Waals surface area contributed by atoms with Crippen LogP contribution in [0.25, 0.3) is 11.3 Å². The molecule has 3 rings (SSSR count). The molecule has 2 aromatic carbocycles. The maximum Gasteiger partial charge on any atom is 0.227 e. The van der Waals surface area contributed by atoms with E-state index in [1.54, 1.807) is 19.2 Å². The summed E-state index contributed by atoms with van der Waals surface area (Å²) in [5, 5.41) is 3.13. The fourth-order valence-electron chi connectivity index (χ4n) is 2.78. The first-order valence-electron chi connectivity index (χ1n) is 9.11. The lowest BCUT2D eigenvalue weighted by molar-refractivity contribution is -0.115. The molecule has 0 atom stereocenters. The Hall–Kier alpha value is -2.91. The van der Waals surface area contributed by atoms with Crippen molar-refractivity contribution >= 4 is 32.2 Å². The van der Waals surface area contributed by atoms with Crippen LogP contribution in [0.3, 0.4) is 0 Å². The maximum atomic E-state index is 12.4. The molecule has 0 saturated heterocycles. The molecule has 0 bridgehead atoms. The van der Waals surface area contributed by atoms with E-state index in [-0.39, 0.29) is 17.1 Å². The summed E-state index contributed by atoms with van der Waals surface area (Å²) in [7, 11) is -0.460. The van der Waals surface area contributed by atoms with Crippen molar-refractivity contribution < 1.29 is 22.7 Å². The summed E-state index contributed by atoms with van der Waals surface area (Å²) in [5.41, 5.74) is 1.68. The number of hydrogen-bond acceptors (Lipinski definition) is 7. The Morgan fingerprint density at radius 3 is 2.13 bits per heavy atom. The summed E-state index contributed by atoms with van der Waals surface area (Å²) in [5.74, 6) is 0.625. The van der Waals surface area contributed by atoms with E-state index >= 15 is 0 Å². The number of anilines is 1. The van der Waals surface area contributed by atoms with Gasteiger partial charge in [-0.15, -0.1) is 11.3 Å². The van der Waals surface area contributed by atoms with E-state index < -0.39 is 15.7 Å². The van der Waals surface area contributed by atoms with Crippen LogP contribution in [-0.2, 0) is 14.6 Å². The number of methoxy groups -OCH3 is 2. The molecular formula is C21H22N2O5S2. The van der Waals surface area contributed by atoms with Crippen molar-refractivity contribution in [3.05, 3.63) is 53.4 Å². The Morgan fingerprint density at radius 2 is 1.57 bits per heavy atom. The van der Waals surface area contributed by atoms with Crippen LogP contribution in [0.5, 0.6) is 11.5 Å². The standard InChI is InChI=1S/C21H22N2O5S2/c1-14-20(15-4-6-16(27-2)7-5-15)23-21(29-14)22-19(24)12-13-30(25,26)18-10-8-17(28-3)9-11-18/h4-11H,12-13H2,1-3H3,(H,22,23,24). The smallest absolute Gasteiger partial charge is 0.227 e. The summed E-state index contributed by atoms with van der Waals surface area (Å²) in [6.07, 6.45) is -0.162. The number of carbonyl (C=O) groups is 1. The number of hydrogen-bond donors (Lipinski definition) is 1. The van der Waals surface area contributed by atoms with Crippen LogP contribution in [0.1, 0.15) is 11.3 Å². The van der Waals surface area contributed by atoms with Crippen molar-refractivity contribution in [3.8, 4) is 22.8 Å². The van der Waals surface area contributed by atoms with Gasteiger partial charge in [-0.2, -0.15) is 0 Å². The van der Waals surface area contributed by atoms with E-state index in [1.165, 1.54) is 30.6 Å². The topological polar surface area (TPSA) is 94.6 Å². The normalized spacial score (nSPS) is 11.2. The quantitative estimate of drug-likeness (QED) is 0.563. The first-order valence-corrected chi connectivity index (χ1v) is 11.6. The van der Waals surface area contributed by atoms with Gasteiger partial charge >= 0.3 is 0 Å². The molecule has 1 N–H and O–H groups in total. The van der Waals surface area contributed by atoms with Crippen LogP contribution in [-0.4, -0.2) is 39.3 Å². The number of benzene rings is 2. The minimum absolute atomic E-state index is 0.156. The number of aryl methyl sites for hydroxylation is 1. The van der Waals surface area contributed by atoms with Crippen molar-refractivity contribution in [1.82, 2.24) is 4.98 Å². The number of thiazole rings is 1. The van der Waals surface area contributed by atoms with Gasteiger partial charge in [0, 0.05) is 16.9 Å². The molecule has 0 radical (unpaired) electrons. The number of amides is 1. The van der Waals surface area contributed by atoms with Crippen LogP contribution >= 0.6 is 11.3 Å². The Bertz CT molecular complexity index is 1120. The van der Waals surface area contributed by atoms with Gasteiger partial charge in [0.1, 0.15) is 11.5 Å². The largest absolute Gasteiger partial charge is 0.497 e. The first-order chi connectivity index (χ1) is 14.3. The number of nitrogens with one attached hydrogen (secondary N) is 1. The Morgan fingerprint density at radius 1 is 1.00 bits per heavy atom. The van der Waals surface area contributed by atoms with Crippen molar-refractivity contribution in [1.29, 1.82) is 0 Å². The molecule has 0 fully saturated rings. The Kier molecular flexibility index (Phi) is 6.73. The number of nitrogens with zero attached hydrogens (tertiary/aromatic N) is 1. The van der Waals surface area contributed by atoms with E-state index in [4.69, 9.17) is 9.47 Å². The first kappa shape index (κ1) is 21.8. The van der Waals surface area contributed by atoms with Gasteiger partial charge in [0.2, 0.25) is 5.91 Å². The molecule has 0 aliphatic carbocycles. The van der Waals surface area contributed by atoms with Gasteiger partial charge in [0.15, 0.2) is 15.0 Å². The van der Waals surface area contributed by atoms with E-state index in [1.807, 2.05) is 31.2 Å². The van der Waals surface area contributed by atoms with Gasteiger partial charge in [-0.05, 0) is 55.5 Å². The van der Waals surface area contributed by atoms with E-state index in [0.29, 0.717) is 10.9 Å². The predicted molar refractivity (Wildman–Crippen MR) is 117 cm³/mol. The molecule has 158 valence electrons. The minimum atomic E-state index is -3.57. The van der Waals surface area contributed by atoms with Gasteiger partial charge in [-0.3, -0.25) is 4.79 Å². The van der Waals surface area contributed by atoms with E-state index in [2.05, 4.69) is 10.3 Å². The van der Waals surface area contributed by atoms with Crippen LogP contribution in [0.2, 0.25) is 0 Å². The summed E-state index contributed by atoms with van der Waals surface area (Å²) in [4.78, 5) is 17.9. The molecule has 9 heteroatoms. The number of sulfone groups is 1. The molecular weight excluding hydrogens is 424 g/mol. The van der Waals surface area contributed by atoms with Crippen LogP contribution in [0.15, 0.2) is 53.4 Å². The van der Waals surface area contributed by atoms with Crippen molar-refractivity contribution in [2.45, 2.75) is 18.2 Å². The van der Waals surface area contributed by atoms with Gasteiger partial charge in [-0.1, -0.05) is 0 Å². The lowest BCUT2D eigenvalue weighted by Crippen LogP contribution is -2.17. The third-order valence-corrected chi connectivity index (χ3v) is 7.04. The Labute approximate surface area is 179 Å². The summed E-state index contributed by atoms with van der Waals surface area (Å²) >= 11 is 1.34. The second-order valence-corrected chi connectivity index (χ2v) is 9.76. The number of rotatable bonds is 8. The molecule has 3 aromatic rings. The number of aromatic nitrogens is 1. The molecule has 30 heavy (non-hydrogen) atoms.